The van der Waals surface area contributed by atoms with Crippen molar-refractivity contribution in [1.29, 1.82) is 5.41 Å². The lowest BCUT2D eigenvalue weighted by Crippen LogP contribution is -2.30. The average Bonchev–Trinajstić information content (AvgIpc) is 2.37. The number of hydrogen-bond acceptors (Lipinski definition) is 4. The smallest absolute Gasteiger partial charge is 0.258 e. The summed E-state index contributed by atoms with van der Waals surface area (Å²) >= 11 is 0. The van der Waals surface area contributed by atoms with E-state index < -0.39 is 0 Å². The van der Waals surface area contributed by atoms with E-state index in [1.165, 1.54) is 6.21 Å². The minimum atomic E-state index is -0.176. The van der Waals surface area contributed by atoms with E-state index in [-0.39, 0.29) is 19.1 Å². The van der Waals surface area contributed by atoms with Crippen LogP contribution >= 0.6 is 0 Å². The monoisotopic (exact) mass is 264 g/mol. The lowest BCUT2D eigenvalue weighted by Gasteiger charge is -2.09. The Hall–Kier alpha value is -1.84. The van der Waals surface area contributed by atoms with Crippen molar-refractivity contribution < 1.29 is 14.3 Å². The number of hydrogen-bond donors (Lipinski definition) is 2. The van der Waals surface area contributed by atoms with Gasteiger partial charge in [0.05, 0.1) is 13.2 Å². The molecule has 0 aromatic heterocycles. The number of amides is 1. The Balaban J connectivity index is 2.15. The second kappa shape index (κ2) is 10.1. The van der Waals surface area contributed by atoms with Gasteiger partial charge in [-0.1, -0.05) is 17.9 Å². The fourth-order valence-corrected chi connectivity index (χ4v) is 1.46. The van der Waals surface area contributed by atoms with Crippen LogP contribution in [0.15, 0.2) is 29.7 Å². The first-order valence-corrected chi connectivity index (χ1v) is 6.38. The SMILES string of the molecule is N=CCOCCNC(=O)COC1=C=CCC=CCC1. The van der Waals surface area contributed by atoms with Crippen LogP contribution in [-0.2, 0) is 14.3 Å². The number of allylic oxidation sites excluding steroid dienone is 3. The average molecular weight is 264 g/mol. The molecular weight excluding hydrogens is 244 g/mol. The summed E-state index contributed by atoms with van der Waals surface area (Å²) in [6.07, 6.45) is 9.79. The zero-order chi connectivity index (χ0) is 13.8. The van der Waals surface area contributed by atoms with Crippen LogP contribution in [0.25, 0.3) is 0 Å². The summed E-state index contributed by atoms with van der Waals surface area (Å²) in [7, 11) is 0. The van der Waals surface area contributed by atoms with Crippen molar-refractivity contribution in [1.82, 2.24) is 5.32 Å². The molecule has 0 aliphatic heterocycles. The quantitative estimate of drug-likeness (QED) is 0.302. The molecule has 5 nitrogen and oxygen atoms in total. The van der Waals surface area contributed by atoms with Crippen molar-refractivity contribution in [2.45, 2.75) is 19.3 Å². The summed E-state index contributed by atoms with van der Waals surface area (Å²) in [4.78, 5) is 11.5. The van der Waals surface area contributed by atoms with Crippen LogP contribution in [0, 0.1) is 5.41 Å². The number of carbonyl (C=O) groups excluding carboxylic acids is 1. The number of rotatable bonds is 8. The van der Waals surface area contributed by atoms with E-state index in [9.17, 15) is 4.79 Å². The second-order valence-electron chi connectivity index (χ2n) is 3.94. The van der Waals surface area contributed by atoms with Gasteiger partial charge in [-0.3, -0.25) is 4.79 Å². The van der Waals surface area contributed by atoms with Crippen LogP contribution in [0.3, 0.4) is 0 Å². The van der Waals surface area contributed by atoms with Crippen LogP contribution in [0.2, 0.25) is 0 Å². The molecule has 0 radical (unpaired) electrons. The van der Waals surface area contributed by atoms with E-state index in [1.807, 2.05) is 6.08 Å². The first-order valence-electron chi connectivity index (χ1n) is 6.38. The Kier molecular flexibility index (Phi) is 8.10. The zero-order valence-corrected chi connectivity index (χ0v) is 11.0. The van der Waals surface area contributed by atoms with E-state index in [4.69, 9.17) is 14.9 Å². The maximum absolute atomic E-state index is 11.5. The van der Waals surface area contributed by atoms with Crippen LogP contribution in [0.4, 0.5) is 0 Å². The molecule has 0 spiro atoms. The van der Waals surface area contributed by atoms with E-state index in [0.717, 1.165) is 25.0 Å². The summed E-state index contributed by atoms with van der Waals surface area (Å²) in [6.45, 7) is 1.10. The van der Waals surface area contributed by atoms with E-state index in [2.05, 4.69) is 23.2 Å². The van der Waals surface area contributed by atoms with Crippen LogP contribution in [-0.4, -0.2) is 38.5 Å². The summed E-state index contributed by atoms with van der Waals surface area (Å²) in [6, 6.07) is 0. The van der Waals surface area contributed by atoms with Crippen LogP contribution in [0.1, 0.15) is 19.3 Å². The molecule has 0 bridgehead atoms. The van der Waals surface area contributed by atoms with E-state index in [1.54, 1.807) is 0 Å². The van der Waals surface area contributed by atoms with E-state index >= 15 is 0 Å². The predicted octanol–water partition coefficient (Wildman–Crippen LogP) is 1.56. The number of carbonyl (C=O) groups is 1. The molecule has 1 rings (SSSR count). The van der Waals surface area contributed by atoms with Crippen molar-refractivity contribution in [3.05, 3.63) is 29.7 Å². The molecule has 0 heterocycles. The van der Waals surface area contributed by atoms with Gasteiger partial charge in [-0.15, -0.1) is 0 Å². The maximum atomic E-state index is 11.5. The molecule has 0 aromatic carbocycles. The molecule has 5 heteroatoms. The maximum Gasteiger partial charge on any atom is 0.258 e. The standard InChI is InChI=1S/C14H20N2O3/c15-8-10-18-11-9-16-14(17)12-19-13-6-4-2-1-3-5-7-13/h1-2,5,8,15H,3-4,6,9-12H2,(H,16,17). The Labute approximate surface area is 113 Å². The Morgan fingerprint density at radius 2 is 2.42 bits per heavy atom. The molecule has 19 heavy (non-hydrogen) atoms. The number of ether oxygens (including phenoxy) is 2. The fourth-order valence-electron chi connectivity index (χ4n) is 1.46. The van der Waals surface area contributed by atoms with Crippen molar-refractivity contribution >= 4 is 12.1 Å². The fraction of sp³-hybridized carbons (Fsp3) is 0.500. The Morgan fingerprint density at radius 1 is 1.53 bits per heavy atom. The summed E-state index contributed by atoms with van der Waals surface area (Å²) in [5.41, 5.74) is 3.05. The Bertz CT molecular complexity index is 382. The summed E-state index contributed by atoms with van der Waals surface area (Å²) in [5.74, 6) is 0.546. The molecule has 0 aromatic rings. The minimum Gasteiger partial charge on any atom is -0.480 e. The van der Waals surface area contributed by atoms with Gasteiger partial charge in [0.25, 0.3) is 5.91 Å². The summed E-state index contributed by atoms with van der Waals surface area (Å²) in [5, 5.41) is 9.44. The van der Waals surface area contributed by atoms with Gasteiger partial charge in [0, 0.05) is 19.2 Å². The lowest BCUT2D eigenvalue weighted by molar-refractivity contribution is -0.124. The van der Waals surface area contributed by atoms with E-state index in [0.29, 0.717) is 13.2 Å². The highest BCUT2D eigenvalue weighted by Gasteiger charge is 2.04. The first-order chi connectivity index (χ1) is 9.33. The summed E-state index contributed by atoms with van der Waals surface area (Å²) < 4.78 is 10.4. The van der Waals surface area contributed by atoms with Gasteiger partial charge in [0.15, 0.2) is 6.61 Å². The minimum absolute atomic E-state index is 0.00442. The van der Waals surface area contributed by atoms with Crippen molar-refractivity contribution in [3.8, 4) is 0 Å². The highest BCUT2D eigenvalue weighted by atomic mass is 16.5. The van der Waals surface area contributed by atoms with Gasteiger partial charge in [-0.05, 0) is 18.9 Å². The highest BCUT2D eigenvalue weighted by Crippen LogP contribution is 2.09. The molecule has 1 aliphatic carbocycles. The van der Waals surface area contributed by atoms with Gasteiger partial charge in [0.1, 0.15) is 5.76 Å². The molecule has 104 valence electrons. The third-order valence-corrected chi connectivity index (χ3v) is 2.37. The third kappa shape index (κ3) is 7.97. The largest absolute Gasteiger partial charge is 0.480 e. The molecule has 0 fully saturated rings. The zero-order valence-electron chi connectivity index (χ0n) is 11.0. The molecule has 0 saturated heterocycles. The normalized spacial score (nSPS) is 14.2. The first kappa shape index (κ1) is 15.2. The van der Waals surface area contributed by atoms with Crippen molar-refractivity contribution in [3.63, 3.8) is 0 Å². The molecule has 0 saturated carbocycles. The van der Waals surface area contributed by atoms with Gasteiger partial charge < -0.3 is 20.2 Å². The highest BCUT2D eigenvalue weighted by molar-refractivity contribution is 5.77. The molecule has 1 aliphatic rings. The number of nitrogens with one attached hydrogen (secondary N) is 2. The van der Waals surface area contributed by atoms with Gasteiger partial charge in [0.2, 0.25) is 0 Å². The van der Waals surface area contributed by atoms with Crippen molar-refractivity contribution in [2.24, 2.45) is 0 Å². The Morgan fingerprint density at radius 3 is 3.26 bits per heavy atom. The van der Waals surface area contributed by atoms with Gasteiger partial charge in [-0.2, -0.15) is 0 Å². The molecule has 0 atom stereocenters. The molecule has 2 N–H and O–H groups in total. The second-order valence-corrected chi connectivity index (χ2v) is 3.94. The predicted molar refractivity (Wildman–Crippen MR) is 73.2 cm³/mol. The third-order valence-electron chi connectivity index (χ3n) is 2.37. The molecule has 1 amide bonds. The van der Waals surface area contributed by atoms with Crippen LogP contribution < -0.4 is 5.32 Å². The van der Waals surface area contributed by atoms with Crippen molar-refractivity contribution in [2.75, 3.05) is 26.4 Å². The van der Waals surface area contributed by atoms with Gasteiger partial charge in [-0.25, -0.2) is 0 Å². The lowest BCUT2D eigenvalue weighted by atomic mass is 10.2. The van der Waals surface area contributed by atoms with Gasteiger partial charge >= 0.3 is 0 Å². The molecule has 0 unspecified atom stereocenters. The van der Waals surface area contributed by atoms with Crippen LogP contribution in [0.5, 0.6) is 0 Å². The topological polar surface area (TPSA) is 71.4 Å². The molecular formula is C14H20N2O3.